The fraction of sp³-hybridized carbons (Fsp3) is 0.333. The number of hydrogen-bond donors (Lipinski definition) is 1. The summed E-state index contributed by atoms with van der Waals surface area (Å²) in [6.07, 6.45) is 3.42. The minimum Gasteiger partial charge on any atom is -0.382 e. The minimum atomic E-state index is 0.593. The molecule has 1 aromatic carbocycles. The van der Waals surface area contributed by atoms with Crippen LogP contribution in [0.4, 0.5) is 0 Å². The average Bonchev–Trinajstić information content (AvgIpc) is 2.52. The van der Waals surface area contributed by atoms with E-state index in [0.29, 0.717) is 6.04 Å². The van der Waals surface area contributed by atoms with Crippen LogP contribution in [0.2, 0.25) is 0 Å². The molecule has 68 valence electrons. The zero-order valence-corrected chi connectivity index (χ0v) is 8.17. The maximum absolute atomic E-state index is 3.46. The van der Waals surface area contributed by atoms with Crippen molar-refractivity contribution in [1.29, 1.82) is 0 Å². The Kier molecular flexibility index (Phi) is 2.09. The predicted octanol–water partition coefficient (Wildman–Crippen LogP) is 2.72. The van der Waals surface area contributed by atoms with Gasteiger partial charge in [-0.3, -0.25) is 0 Å². The molecule has 0 amide bonds. The van der Waals surface area contributed by atoms with Crippen LogP contribution >= 0.6 is 0 Å². The van der Waals surface area contributed by atoms with Crippen molar-refractivity contribution in [2.45, 2.75) is 26.3 Å². The third kappa shape index (κ3) is 1.74. The molecule has 2 rings (SSSR count). The molecule has 1 aliphatic rings. The molecule has 1 aromatic rings. The third-order valence-corrected chi connectivity index (χ3v) is 2.41. The summed E-state index contributed by atoms with van der Waals surface area (Å²) in [4.78, 5) is 0. The lowest BCUT2D eigenvalue weighted by atomic mass is 10.1. The van der Waals surface area contributed by atoms with E-state index in [4.69, 9.17) is 0 Å². The second-order valence-electron chi connectivity index (χ2n) is 3.77. The molecule has 0 aliphatic carbocycles. The lowest BCUT2D eigenvalue weighted by Gasteiger charge is -2.08. The third-order valence-electron chi connectivity index (χ3n) is 2.41. The van der Waals surface area contributed by atoms with Crippen LogP contribution in [0.5, 0.6) is 0 Å². The van der Waals surface area contributed by atoms with Gasteiger partial charge < -0.3 is 5.32 Å². The van der Waals surface area contributed by atoms with Crippen molar-refractivity contribution in [3.63, 3.8) is 0 Å². The van der Waals surface area contributed by atoms with Crippen molar-refractivity contribution in [2.24, 2.45) is 0 Å². The standard InChI is InChI=1S/C12H15N/c1-9-4-3-5-11(8-9)12-7-6-10(2)13-12/h3-5,7-8,10,13H,6H2,1-2H3. The summed E-state index contributed by atoms with van der Waals surface area (Å²) in [7, 11) is 0. The summed E-state index contributed by atoms with van der Waals surface area (Å²) in [5.41, 5.74) is 3.92. The first kappa shape index (κ1) is 8.36. The summed E-state index contributed by atoms with van der Waals surface area (Å²) in [6.45, 7) is 4.34. The van der Waals surface area contributed by atoms with E-state index in [1.165, 1.54) is 16.8 Å². The molecule has 0 saturated carbocycles. The lowest BCUT2D eigenvalue weighted by Crippen LogP contribution is -2.17. The number of nitrogens with one attached hydrogen (secondary N) is 1. The van der Waals surface area contributed by atoms with Crippen LogP contribution in [-0.2, 0) is 0 Å². The van der Waals surface area contributed by atoms with Gasteiger partial charge >= 0.3 is 0 Å². The second-order valence-corrected chi connectivity index (χ2v) is 3.77. The zero-order valence-electron chi connectivity index (χ0n) is 8.17. The molecule has 1 heterocycles. The molecule has 1 atom stereocenters. The number of rotatable bonds is 1. The van der Waals surface area contributed by atoms with E-state index in [2.05, 4.69) is 49.5 Å². The Morgan fingerprint density at radius 3 is 2.85 bits per heavy atom. The molecular weight excluding hydrogens is 158 g/mol. The maximum Gasteiger partial charge on any atom is 0.0376 e. The number of aryl methyl sites for hydroxylation is 1. The Morgan fingerprint density at radius 1 is 1.38 bits per heavy atom. The summed E-state index contributed by atoms with van der Waals surface area (Å²) < 4.78 is 0. The van der Waals surface area contributed by atoms with Crippen LogP contribution in [0.15, 0.2) is 30.3 Å². The minimum absolute atomic E-state index is 0.593. The van der Waals surface area contributed by atoms with Crippen LogP contribution < -0.4 is 5.32 Å². The van der Waals surface area contributed by atoms with E-state index in [-0.39, 0.29) is 0 Å². The fourth-order valence-electron chi connectivity index (χ4n) is 1.69. The average molecular weight is 173 g/mol. The topological polar surface area (TPSA) is 12.0 Å². The van der Waals surface area contributed by atoms with Crippen molar-refractivity contribution in [3.8, 4) is 0 Å². The normalized spacial score (nSPS) is 21.1. The molecule has 0 saturated heterocycles. The molecule has 1 unspecified atom stereocenters. The maximum atomic E-state index is 3.46. The largest absolute Gasteiger partial charge is 0.382 e. The van der Waals surface area contributed by atoms with Gasteiger partial charge in [-0.1, -0.05) is 29.8 Å². The monoisotopic (exact) mass is 173 g/mol. The SMILES string of the molecule is Cc1cccc(C2=CCC(C)N2)c1. The molecule has 0 aromatic heterocycles. The Morgan fingerprint density at radius 2 is 2.23 bits per heavy atom. The van der Waals surface area contributed by atoms with E-state index in [0.717, 1.165) is 6.42 Å². The summed E-state index contributed by atoms with van der Waals surface area (Å²) in [5, 5.41) is 3.46. The van der Waals surface area contributed by atoms with E-state index < -0.39 is 0 Å². The predicted molar refractivity (Wildman–Crippen MR) is 56.4 cm³/mol. The first-order valence-electron chi connectivity index (χ1n) is 4.79. The molecule has 1 nitrogen and oxygen atoms in total. The Labute approximate surface area is 79.5 Å². The highest BCUT2D eigenvalue weighted by Gasteiger charge is 2.11. The highest BCUT2D eigenvalue weighted by atomic mass is 14.9. The van der Waals surface area contributed by atoms with Gasteiger partial charge in [0.1, 0.15) is 0 Å². The van der Waals surface area contributed by atoms with Gasteiger partial charge in [-0.2, -0.15) is 0 Å². The summed E-state index contributed by atoms with van der Waals surface area (Å²) >= 11 is 0. The van der Waals surface area contributed by atoms with E-state index >= 15 is 0 Å². The van der Waals surface area contributed by atoms with Gasteiger partial charge in [0.15, 0.2) is 0 Å². The Balaban J connectivity index is 2.26. The quantitative estimate of drug-likeness (QED) is 0.688. The molecule has 0 radical (unpaired) electrons. The van der Waals surface area contributed by atoms with Crippen molar-refractivity contribution in [1.82, 2.24) is 5.32 Å². The molecular formula is C12H15N. The Bertz CT molecular complexity index is 339. The van der Waals surface area contributed by atoms with Crippen LogP contribution in [-0.4, -0.2) is 6.04 Å². The van der Waals surface area contributed by atoms with Crippen LogP contribution in [0.25, 0.3) is 5.70 Å². The molecule has 1 N–H and O–H groups in total. The molecule has 1 aliphatic heterocycles. The fourth-order valence-corrected chi connectivity index (χ4v) is 1.69. The second kappa shape index (κ2) is 3.25. The highest BCUT2D eigenvalue weighted by Crippen LogP contribution is 2.19. The first-order valence-corrected chi connectivity index (χ1v) is 4.79. The summed E-state index contributed by atoms with van der Waals surface area (Å²) in [5.74, 6) is 0. The van der Waals surface area contributed by atoms with Gasteiger partial charge in [0, 0.05) is 11.7 Å². The highest BCUT2D eigenvalue weighted by molar-refractivity contribution is 5.66. The van der Waals surface area contributed by atoms with Crippen LogP contribution in [0.3, 0.4) is 0 Å². The van der Waals surface area contributed by atoms with Gasteiger partial charge in [0.25, 0.3) is 0 Å². The molecule has 0 spiro atoms. The number of hydrogen-bond acceptors (Lipinski definition) is 1. The van der Waals surface area contributed by atoms with Gasteiger partial charge in [-0.15, -0.1) is 0 Å². The molecule has 0 bridgehead atoms. The molecule has 1 heteroatoms. The van der Waals surface area contributed by atoms with Gasteiger partial charge in [0.05, 0.1) is 0 Å². The van der Waals surface area contributed by atoms with Crippen molar-refractivity contribution < 1.29 is 0 Å². The first-order chi connectivity index (χ1) is 6.25. The smallest absolute Gasteiger partial charge is 0.0376 e. The van der Waals surface area contributed by atoms with E-state index in [1.807, 2.05) is 0 Å². The zero-order chi connectivity index (χ0) is 9.26. The van der Waals surface area contributed by atoms with Gasteiger partial charge in [0.2, 0.25) is 0 Å². The Hall–Kier alpha value is -1.24. The lowest BCUT2D eigenvalue weighted by molar-refractivity contribution is 0.698. The van der Waals surface area contributed by atoms with E-state index in [1.54, 1.807) is 0 Å². The molecule has 13 heavy (non-hydrogen) atoms. The van der Waals surface area contributed by atoms with Gasteiger partial charge in [-0.25, -0.2) is 0 Å². The van der Waals surface area contributed by atoms with Crippen LogP contribution in [0, 0.1) is 6.92 Å². The van der Waals surface area contributed by atoms with Crippen molar-refractivity contribution >= 4 is 5.70 Å². The van der Waals surface area contributed by atoms with Crippen molar-refractivity contribution in [3.05, 3.63) is 41.5 Å². The van der Waals surface area contributed by atoms with Gasteiger partial charge in [-0.05, 0) is 31.9 Å². The van der Waals surface area contributed by atoms with Crippen LogP contribution in [0.1, 0.15) is 24.5 Å². The summed E-state index contributed by atoms with van der Waals surface area (Å²) in [6, 6.07) is 9.20. The number of benzene rings is 1. The van der Waals surface area contributed by atoms with E-state index in [9.17, 15) is 0 Å². The van der Waals surface area contributed by atoms with Crippen molar-refractivity contribution in [2.75, 3.05) is 0 Å². The molecule has 0 fully saturated rings.